The number of nitrogens with two attached hydrogens (primary N) is 1. The van der Waals surface area contributed by atoms with Crippen molar-refractivity contribution in [3.05, 3.63) is 0 Å². The summed E-state index contributed by atoms with van der Waals surface area (Å²) < 4.78 is 25.5. The van der Waals surface area contributed by atoms with E-state index in [0.29, 0.717) is 17.8 Å². The molecule has 0 amide bonds. The summed E-state index contributed by atoms with van der Waals surface area (Å²) in [7, 11) is -3.37. The molecule has 0 spiro atoms. The highest BCUT2D eigenvalue weighted by Crippen LogP contribution is 2.42. The Labute approximate surface area is 113 Å². The molecule has 106 valence electrons. The Hall–Kier alpha value is -1.24. The summed E-state index contributed by atoms with van der Waals surface area (Å²) in [6.07, 6.45) is 5.65. The van der Waals surface area contributed by atoms with Crippen LogP contribution >= 0.6 is 0 Å². The topological polar surface area (TPSA) is 90.0 Å². The number of hydrogen-bond acceptors (Lipinski definition) is 5. The van der Waals surface area contributed by atoms with Crippen molar-refractivity contribution in [1.29, 1.82) is 0 Å². The van der Waals surface area contributed by atoms with Crippen molar-refractivity contribution < 1.29 is 8.42 Å². The third kappa shape index (κ3) is 2.43. The minimum atomic E-state index is -3.37. The van der Waals surface area contributed by atoms with Crippen LogP contribution in [0, 0.1) is 5.92 Å². The lowest BCUT2D eigenvalue weighted by Crippen LogP contribution is -2.13. The fourth-order valence-corrected chi connectivity index (χ4v) is 3.33. The lowest BCUT2D eigenvalue weighted by Gasteiger charge is -2.12. The number of rotatable bonds is 5. The van der Waals surface area contributed by atoms with Crippen LogP contribution in [0.5, 0.6) is 0 Å². The number of sulfone groups is 1. The predicted molar refractivity (Wildman–Crippen MR) is 73.8 cm³/mol. The SMILES string of the molecule is CC(C1CC1)n1nc(NC2CC2)c(S(C)(=O)=O)c1N. The third-order valence-corrected chi connectivity index (χ3v) is 5.03. The van der Waals surface area contributed by atoms with Crippen LogP contribution in [0.2, 0.25) is 0 Å². The molecule has 6 nitrogen and oxygen atoms in total. The second-order valence-electron chi connectivity index (χ2n) is 5.78. The van der Waals surface area contributed by atoms with Crippen LogP contribution in [0.4, 0.5) is 11.6 Å². The van der Waals surface area contributed by atoms with E-state index in [1.807, 2.05) is 6.92 Å². The van der Waals surface area contributed by atoms with E-state index in [1.54, 1.807) is 4.68 Å². The standard InChI is InChI=1S/C12H20N4O2S/c1-7(8-3-4-8)16-11(13)10(19(2,17)18)12(15-16)14-9-5-6-9/h7-9H,3-6,13H2,1-2H3,(H,14,15). The zero-order valence-corrected chi connectivity index (χ0v) is 12.1. The van der Waals surface area contributed by atoms with Gasteiger partial charge in [0.25, 0.3) is 0 Å². The van der Waals surface area contributed by atoms with Crippen molar-refractivity contribution >= 4 is 21.5 Å². The van der Waals surface area contributed by atoms with Crippen molar-refractivity contribution in [3.63, 3.8) is 0 Å². The Kier molecular flexibility index (Phi) is 2.78. The number of anilines is 2. The molecule has 0 saturated heterocycles. The average molecular weight is 284 g/mol. The Balaban J connectivity index is 2.03. The van der Waals surface area contributed by atoms with Crippen molar-refractivity contribution in [2.75, 3.05) is 17.3 Å². The van der Waals surface area contributed by atoms with Crippen LogP contribution in [-0.2, 0) is 9.84 Å². The van der Waals surface area contributed by atoms with Gasteiger partial charge in [-0.2, -0.15) is 5.10 Å². The van der Waals surface area contributed by atoms with Gasteiger partial charge in [0.05, 0.1) is 6.04 Å². The summed E-state index contributed by atoms with van der Waals surface area (Å²) in [6.45, 7) is 2.05. The van der Waals surface area contributed by atoms with Crippen LogP contribution in [-0.4, -0.2) is 30.5 Å². The van der Waals surface area contributed by atoms with Crippen LogP contribution in [0.25, 0.3) is 0 Å². The molecule has 1 heterocycles. The molecule has 2 aliphatic carbocycles. The minimum absolute atomic E-state index is 0.159. The van der Waals surface area contributed by atoms with E-state index in [1.165, 1.54) is 19.1 Å². The van der Waals surface area contributed by atoms with Crippen molar-refractivity contribution in [1.82, 2.24) is 9.78 Å². The highest BCUT2D eigenvalue weighted by molar-refractivity contribution is 7.91. The monoisotopic (exact) mass is 284 g/mol. The largest absolute Gasteiger partial charge is 0.383 e. The first-order valence-electron chi connectivity index (χ1n) is 6.72. The molecule has 1 aromatic heterocycles. The molecule has 3 rings (SSSR count). The molecule has 2 aliphatic rings. The summed E-state index contributed by atoms with van der Waals surface area (Å²) in [5.74, 6) is 1.27. The summed E-state index contributed by atoms with van der Waals surface area (Å²) in [5, 5.41) is 7.59. The maximum absolute atomic E-state index is 11.9. The molecule has 0 bridgehead atoms. The summed E-state index contributed by atoms with van der Waals surface area (Å²) in [6, 6.07) is 0.509. The maximum atomic E-state index is 11.9. The first-order valence-corrected chi connectivity index (χ1v) is 8.61. The number of aromatic nitrogens is 2. The Morgan fingerprint density at radius 2 is 2.00 bits per heavy atom. The number of nitrogen functional groups attached to an aromatic ring is 1. The number of nitrogens with zero attached hydrogens (tertiary/aromatic N) is 2. The van der Waals surface area contributed by atoms with E-state index in [0.717, 1.165) is 12.8 Å². The van der Waals surface area contributed by atoms with Gasteiger partial charge >= 0.3 is 0 Å². The zero-order valence-electron chi connectivity index (χ0n) is 11.3. The molecule has 1 unspecified atom stereocenters. The first kappa shape index (κ1) is 12.8. The third-order valence-electron chi connectivity index (χ3n) is 3.88. The number of nitrogens with one attached hydrogen (secondary N) is 1. The van der Waals surface area contributed by atoms with Gasteiger partial charge in [0.1, 0.15) is 5.82 Å². The first-order chi connectivity index (χ1) is 8.88. The van der Waals surface area contributed by atoms with Gasteiger partial charge in [0, 0.05) is 12.3 Å². The van der Waals surface area contributed by atoms with E-state index in [-0.39, 0.29) is 16.8 Å². The molecule has 0 aromatic carbocycles. The molecular formula is C12H20N4O2S. The molecular weight excluding hydrogens is 264 g/mol. The predicted octanol–water partition coefficient (Wildman–Crippen LogP) is 1.41. The Morgan fingerprint density at radius 3 is 2.47 bits per heavy atom. The smallest absolute Gasteiger partial charge is 0.182 e. The minimum Gasteiger partial charge on any atom is -0.383 e. The van der Waals surface area contributed by atoms with Crippen LogP contribution in [0.3, 0.4) is 0 Å². The van der Waals surface area contributed by atoms with Gasteiger partial charge < -0.3 is 11.1 Å². The number of hydrogen-bond donors (Lipinski definition) is 2. The Bertz CT molecular complexity index is 599. The van der Waals surface area contributed by atoms with Crippen LogP contribution in [0.1, 0.15) is 38.6 Å². The Morgan fingerprint density at radius 1 is 1.37 bits per heavy atom. The fourth-order valence-electron chi connectivity index (χ4n) is 2.40. The summed E-state index contributed by atoms with van der Waals surface area (Å²) in [4.78, 5) is 0.159. The van der Waals surface area contributed by atoms with Gasteiger partial charge in [0.15, 0.2) is 20.6 Å². The van der Waals surface area contributed by atoms with Crippen molar-refractivity contribution in [2.45, 2.75) is 49.6 Å². The van der Waals surface area contributed by atoms with Gasteiger partial charge in [-0.05, 0) is 38.5 Å². The van der Waals surface area contributed by atoms with Gasteiger partial charge in [-0.25, -0.2) is 13.1 Å². The van der Waals surface area contributed by atoms with E-state index < -0.39 is 9.84 Å². The van der Waals surface area contributed by atoms with E-state index in [4.69, 9.17) is 5.73 Å². The molecule has 1 aromatic rings. The van der Waals surface area contributed by atoms with Crippen LogP contribution < -0.4 is 11.1 Å². The van der Waals surface area contributed by atoms with Crippen molar-refractivity contribution in [3.8, 4) is 0 Å². The molecule has 0 aliphatic heterocycles. The quantitative estimate of drug-likeness (QED) is 0.853. The van der Waals surface area contributed by atoms with Crippen LogP contribution in [0.15, 0.2) is 4.90 Å². The van der Waals surface area contributed by atoms with Gasteiger partial charge in [-0.1, -0.05) is 0 Å². The van der Waals surface area contributed by atoms with E-state index in [9.17, 15) is 8.42 Å². The second-order valence-corrected chi connectivity index (χ2v) is 7.73. The molecule has 19 heavy (non-hydrogen) atoms. The maximum Gasteiger partial charge on any atom is 0.182 e. The summed E-state index contributed by atoms with van der Waals surface area (Å²) >= 11 is 0. The molecule has 3 N–H and O–H groups in total. The van der Waals surface area contributed by atoms with E-state index in [2.05, 4.69) is 10.4 Å². The summed E-state index contributed by atoms with van der Waals surface area (Å²) in [5.41, 5.74) is 6.03. The van der Waals surface area contributed by atoms with Gasteiger partial charge in [-0.15, -0.1) is 0 Å². The highest BCUT2D eigenvalue weighted by atomic mass is 32.2. The van der Waals surface area contributed by atoms with E-state index >= 15 is 0 Å². The highest BCUT2D eigenvalue weighted by Gasteiger charge is 2.35. The molecule has 7 heteroatoms. The molecule has 2 fully saturated rings. The zero-order chi connectivity index (χ0) is 13.8. The van der Waals surface area contributed by atoms with Crippen molar-refractivity contribution in [2.24, 2.45) is 5.92 Å². The fraction of sp³-hybridized carbons (Fsp3) is 0.750. The second kappa shape index (κ2) is 4.13. The molecule has 0 radical (unpaired) electrons. The average Bonchev–Trinajstić information content (AvgIpc) is 3.15. The molecule has 2 saturated carbocycles. The molecule has 1 atom stereocenters. The lowest BCUT2D eigenvalue weighted by molar-refractivity contribution is 0.446. The van der Waals surface area contributed by atoms with Gasteiger partial charge in [-0.3, -0.25) is 0 Å². The van der Waals surface area contributed by atoms with Gasteiger partial charge in [0.2, 0.25) is 0 Å². The lowest BCUT2D eigenvalue weighted by atomic mass is 10.2. The normalized spacial score (nSPS) is 21.4.